The molecule has 2 amide bonds. The molecule has 12 nitrogen and oxygen atoms in total. The Morgan fingerprint density at radius 3 is 1.70 bits per heavy atom. The van der Waals surface area contributed by atoms with Crippen molar-refractivity contribution < 1.29 is 47.0 Å². The SMILES string of the molecule is CC(CO)OC(=O)N(CCC[Si]1(C)OCCC(C)O1)CN(CCC[Si]1(C)OCCC(C)O1)C(=O)OC(C)CCO. The summed E-state index contributed by atoms with van der Waals surface area (Å²) >= 11 is 0. The topological polar surface area (TPSA) is 136 Å². The minimum Gasteiger partial charge on any atom is -0.446 e. The van der Waals surface area contributed by atoms with E-state index in [1.807, 2.05) is 26.9 Å². The predicted molar refractivity (Wildman–Crippen MR) is 153 cm³/mol. The lowest BCUT2D eigenvalue weighted by Gasteiger charge is -2.37. The van der Waals surface area contributed by atoms with E-state index in [1.165, 1.54) is 9.80 Å². The summed E-state index contributed by atoms with van der Waals surface area (Å²) in [5.41, 5.74) is 0. The Morgan fingerprint density at radius 1 is 0.850 bits per heavy atom. The predicted octanol–water partition coefficient (Wildman–Crippen LogP) is 3.55. The second-order valence-corrected chi connectivity index (χ2v) is 17.9. The number of rotatable bonds is 15. The molecule has 2 fully saturated rings. The number of nitrogens with zero attached hydrogens (tertiary/aromatic N) is 2. The second-order valence-electron chi connectivity index (χ2n) is 11.4. The monoisotopic (exact) mass is 608 g/mol. The van der Waals surface area contributed by atoms with Gasteiger partial charge >= 0.3 is 29.3 Å². The summed E-state index contributed by atoms with van der Waals surface area (Å²) in [6.07, 6.45) is 1.18. The highest BCUT2D eigenvalue weighted by Crippen LogP contribution is 2.26. The van der Waals surface area contributed by atoms with E-state index in [1.54, 1.807) is 13.8 Å². The minimum absolute atomic E-state index is 0.0472. The number of ether oxygens (including phenoxy) is 2. The van der Waals surface area contributed by atoms with Gasteiger partial charge in [0.25, 0.3) is 0 Å². The van der Waals surface area contributed by atoms with Crippen molar-refractivity contribution in [2.24, 2.45) is 0 Å². The molecule has 6 atom stereocenters. The van der Waals surface area contributed by atoms with Crippen molar-refractivity contribution in [1.29, 1.82) is 0 Å². The maximum absolute atomic E-state index is 13.2. The molecule has 0 radical (unpaired) electrons. The van der Waals surface area contributed by atoms with Crippen molar-refractivity contribution in [2.45, 2.75) is 109 Å². The van der Waals surface area contributed by atoms with Crippen molar-refractivity contribution in [3.05, 3.63) is 0 Å². The molecule has 234 valence electrons. The van der Waals surface area contributed by atoms with Crippen LogP contribution in [0.1, 0.15) is 59.8 Å². The summed E-state index contributed by atoms with van der Waals surface area (Å²) in [6, 6.07) is 1.38. The van der Waals surface area contributed by atoms with Crippen molar-refractivity contribution in [3.8, 4) is 0 Å². The zero-order valence-electron chi connectivity index (χ0n) is 25.3. The lowest BCUT2D eigenvalue weighted by molar-refractivity contribution is 0.0177. The van der Waals surface area contributed by atoms with Crippen LogP contribution in [0, 0.1) is 0 Å². The molecule has 14 heteroatoms. The third-order valence-corrected chi connectivity index (χ3v) is 13.1. The van der Waals surface area contributed by atoms with E-state index in [0.717, 1.165) is 12.8 Å². The molecule has 0 bridgehead atoms. The molecule has 2 heterocycles. The number of aliphatic hydroxyl groups is 2. The number of aliphatic hydroxyl groups excluding tert-OH is 2. The fourth-order valence-electron chi connectivity index (χ4n) is 4.78. The van der Waals surface area contributed by atoms with Crippen LogP contribution >= 0.6 is 0 Å². The van der Waals surface area contributed by atoms with E-state index in [-0.39, 0.29) is 32.1 Å². The number of carbonyl (C=O) groups excluding carboxylic acids is 2. The smallest absolute Gasteiger partial charge is 0.411 e. The molecule has 2 aliphatic rings. The molecule has 2 saturated heterocycles. The van der Waals surface area contributed by atoms with Crippen LogP contribution in [0.3, 0.4) is 0 Å². The molecule has 0 aromatic rings. The Hall–Kier alpha value is -1.27. The number of hydrogen-bond donors (Lipinski definition) is 2. The highest BCUT2D eigenvalue weighted by atomic mass is 28.4. The fraction of sp³-hybridized carbons (Fsp3) is 0.923. The van der Waals surface area contributed by atoms with Gasteiger partial charge in [0.1, 0.15) is 18.9 Å². The molecular weight excluding hydrogens is 556 g/mol. The van der Waals surface area contributed by atoms with Gasteiger partial charge in [0.05, 0.1) is 6.61 Å². The fourth-order valence-corrected chi connectivity index (χ4v) is 10.1. The van der Waals surface area contributed by atoms with Crippen LogP contribution in [0.4, 0.5) is 9.59 Å². The van der Waals surface area contributed by atoms with Gasteiger partial charge in [0.15, 0.2) is 0 Å². The van der Waals surface area contributed by atoms with Crippen LogP contribution in [0.2, 0.25) is 25.2 Å². The first kappa shape index (κ1) is 34.9. The van der Waals surface area contributed by atoms with Gasteiger partial charge in [-0.15, -0.1) is 0 Å². The summed E-state index contributed by atoms with van der Waals surface area (Å²) in [4.78, 5) is 29.3. The van der Waals surface area contributed by atoms with Gasteiger partial charge in [-0.2, -0.15) is 0 Å². The van der Waals surface area contributed by atoms with Crippen LogP contribution < -0.4 is 0 Å². The van der Waals surface area contributed by atoms with Gasteiger partial charge < -0.3 is 37.4 Å². The third-order valence-electron chi connectivity index (χ3n) is 7.14. The van der Waals surface area contributed by atoms with E-state index >= 15 is 0 Å². The molecule has 40 heavy (non-hydrogen) atoms. The Bertz CT molecular complexity index is 784. The van der Waals surface area contributed by atoms with Crippen molar-refractivity contribution in [2.75, 3.05) is 46.2 Å². The minimum atomic E-state index is -2.36. The molecule has 2 N–H and O–H groups in total. The molecule has 0 aromatic carbocycles. The first-order valence-corrected chi connectivity index (χ1v) is 19.7. The summed E-state index contributed by atoms with van der Waals surface area (Å²) in [7, 11) is -4.71. The van der Waals surface area contributed by atoms with E-state index in [4.69, 9.17) is 27.2 Å². The quantitative estimate of drug-likeness (QED) is 0.210. The van der Waals surface area contributed by atoms with E-state index < -0.39 is 41.5 Å². The zero-order valence-corrected chi connectivity index (χ0v) is 27.3. The Labute approximate surface area is 241 Å². The first-order chi connectivity index (χ1) is 18.9. The number of hydrogen-bond acceptors (Lipinski definition) is 10. The van der Waals surface area contributed by atoms with Gasteiger partial charge in [-0.05, 0) is 78.6 Å². The van der Waals surface area contributed by atoms with Gasteiger partial charge in [0.2, 0.25) is 0 Å². The van der Waals surface area contributed by atoms with Crippen molar-refractivity contribution in [3.63, 3.8) is 0 Å². The normalized spacial score (nSPS) is 28.4. The summed E-state index contributed by atoms with van der Waals surface area (Å²) in [5, 5.41) is 18.7. The van der Waals surface area contributed by atoms with Crippen LogP contribution in [-0.2, 0) is 27.2 Å². The lowest BCUT2D eigenvalue weighted by atomic mass is 10.3. The molecule has 0 aliphatic carbocycles. The lowest BCUT2D eigenvalue weighted by Crippen LogP contribution is -2.49. The number of carbonyl (C=O) groups is 2. The zero-order chi connectivity index (χ0) is 29.8. The largest absolute Gasteiger partial charge is 0.446 e. The van der Waals surface area contributed by atoms with Crippen LogP contribution in [0.25, 0.3) is 0 Å². The summed E-state index contributed by atoms with van der Waals surface area (Å²) in [6.45, 7) is 13.0. The van der Waals surface area contributed by atoms with Gasteiger partial charge in [-0.25, -0.2) is 9.59 Å². The van der Waals surface area contributed by atoms with E-state index in [9.17, 15) is 19.8 Å². The van der Waals surface area contributed by atoms with Crippen molar-refractivity contribution in [1.82, 2.24) is 9.80 Å². The van der Waals surface area contributed by atoms with Crippen LogP contribution in [-0.4, -0.2) is 120 Å². The van der Waals surface area contributed by atoms with Crippen LogP contribution in [0.5, 0.6) is 0 Å². The Morgan fingerprint density at radius 2 is 1.30 bits per heavy atom. The summed E-state index contributed by atoms with van der Waals surface area (Å²) < 4.78 is 35.3. The molecule has 6 unspecified atom stereocenters. The van der Waals surface area contributed by atoms with Gasteiger partial charge in [-0.3, -0.25) is 9.80 Å². The molecule has 0 saturated carbocycles. The molecule has 2 rings (SSSR count). The highest BCUT2D eigenvalue weighted by molar-refractivity contribution is 6.66. The van der Waals surface area contributed by atoms with E-state index in [2.05, 4.69) is 0 Å². The average Bonchev–Trinajstić information content (AvgIpc) is 2.86. The Kier molecular flexibility index (Phi) is 14.8. The molecular formula is C26H52N2O10Si2. The average molecular weight is 609 g/mol. The van der Waals surface area contributed by atoms with Crippen molar-refractivity contribution >= 4 is 29.3 Å². The van der Waals surface area contributed by atoms with E-state index in [0.29, 0.717) is 57.7 Å². The van der Waals surface area contributed by atoms with Gasteiger partial charge in [0, 0.05) is 51.5 Å². The summed E-state index contributed by atoms with van der Waals surface area (Å²) in [5.74, 6) is 0. The third kappa shape index (κ3) is 12.3. The molecule has 0 spiro atoms. The maximum atomic E-state index is 13.2. The first-order valence-electron chi connectivity index (χ1n) is 14.6. The second kappa shape index (κ2) is 17.0. The molecule has 0 aromatic heterocycles. The maximum Gasteiger partial charge on any atom is 0.411 e. The highest BCUT2D eigenvalue weighted by Gasteiger charge is 2.38. The Balaban J connectivity index is 2.11. The number of amides is 2. The standard InChI is InChI=1S/C26H52N2O10Si2/c1-21(9-14-29)35-25(31)27(12-7-17-39(5)33-15-10-22(2)37-39)20-28(26(32)36-24(4)19-30)13-8-18-40(6)34-16-11-23(3)38-40/h21-24,29-30H,7-20H2,1-6H3. The van der Waals surface area contributed by atoms with Crippen LogP contribution in [0.15, 0.2) is 0 Å². The van der Waals surface area contributed by atoms with Gasteiger partial charge in [-0.1, -0.05) is 0 Å². The molecule has 2 aliphatic heterocycles.